The fourth-order valence-corrected chi connectivity index (χ4v) is 8.07. The second-order valence-electron chi connectivity index (χ2n) is 8.66. The molecule has 0 saturated heterocycles. The molecule has 0 spiro atoms. The topological polar surface area (TPSA) is 89.9 Å². The Balaban J connectivity index is 1.95. The standard InChI is InChI=1S/C21H30O6S/c1-14(22)27-18-9-11-21(3)19(17(23)8-10-20(18,21)2)28(24,25)13-15-6-5-7-16(12-15)26-4/h5-7,12,17-19,23H,8-11,13H2,1-4H3/t17-,18+,19-,20-,21+/m1/s1. The maximum Gasteiger partial charge on any atom is 0.302 e. The molecular weight excluding hydrogens is 380 g/mol. The number of benzene rings is 1. The molecule has 1 aromatic rings. The van der Waals surface area contributed by atoms with Crippen LogP contribution in [0.2, 0.25) is 0 Å². The van der Waals surface area contributed by atoms with E-state index in [-0.39, 0.29) is 17.8 Å². The summed E-state index contributed by atoms with van der Waals surface area (Å²) in [6, 6.07) is 7.00. The van der Waals surface area contributed by atoms with Crippen LogP contribution in [0.4, 0.5) is 0 Å². The summed E-state index contributed by atoms with van der Waals surface area (Å²) in [6.45, 7) is 5.33. The summed E-state index contributed by atoms with van der Waals surface area (Å²) < 4.78 is 37.7. The summed E-state index contributed by atoms with van der Waals surface area (Å²) in [5.74, 6) is 0.0941. The Labute approximate surface area is 167 Å². The minimum absolute atomic E-state index is 0.157. The van der Waals surface area contributed by atoms with Crippen LogP contribution >= 0.6 is 0 Å². The van der Waals surface area contributed by atoms with Crippen LogP contribution in [-0.4, -0.2) is 44.1 Å². The van der Waals surface area contributed by atoms with E-state index in [4.69, 9.17) is 9.47 Å². The van der Waals surface area contributed by atoms with Gasteiger partial charge in [0.15, 0.2) is 9.84 Å². The van der Waals surface area contributed by atoms with Crippen molar-refractivity contribution < 1.29 is 27.8 Å². The largest absolute Gasteiger partial charge is 0.497 e. The molecule has 0 radical (unpaired) electrons. The van der Waals surface area contributed by atoms with Gasteiger partial charge in [0.2, 0.25) is 0 Å². The van der Waals surface area contributed by atoms with Crippen molar-refractivity contribution in [2.45, 2.75) is 69.7 Å². The Morgan fingerprint density at radius 3 is 2.54 bits per heavy atom. The van der Waals surface area contributed by atoms with Gasteiger partial charge in [-0.2, -0.15) is 0 Å². The van der Waals surface area contributed by atoms with Crippen molar-refractivity contribution in [3.63, 3.8) is 0 Å². The van der Waals surface area contributed by atoms with Gasteiger partial charge in [0, 0.05) is 12.3 Å². The summed E-state index contributed by atoms with van der Waals surface area (Å²) in [7, 11) is -2.12. The lowest BCUT2D eigenvalue weighted by Gasteiger charge is -2.53. The average Bonchev–Trinajstić information content (AvgIpc) is 2.85. The van der Waals surface area contributed by atoms with Crippen molar-refractivity contribution in [2.75, 3.05) is 7.11 Å². The van der Waals surface area contributed by atoms with Gasteiger partial charge in [-0.25, -0.2) is 8.42 Å². The number of sulfone groups is 1. The molecule has 0 heterocycles. The fraction of sp³-hybridized carbons (Fsp3) is 0.667. The highest BCUT2D eigenvalue weighted by Crippen LogP contribution is 2.63. The number of rotatable bonds is 5. The normalized spacial score (nSPS) is 35.2. The Hall–Kier alpha value is -1.60. The zero-order valence-corrected chi connectivity index (χ0v) is 17.8. The van der Waals surface area contributed by atoms with Crippen LogP contribution in [0, 0.1) is 10.8 Å². The van der Waals surface area contributed by atoms with E-state index in [9.17, 15) is 18.3 Å². The molecule has 0 aliphatic heterocycles. The van der Waals surface area contributed by atoms with Crippen LogP contribution in [0.1, 0.15) is 52.0 Å². The highest BCUT2D eigenvalue weighted by Gasteiger charge is 2.65. The van der Waals surface area contributed by atoms with Crippen molar-refractivity contribution >= 4 is 15.8 Å². The van der Waals surface area contributed by atoms with E-state index in [0.717, 1.165) is 0 Å². The number of esters is 1. The molecule has 6 nitrogen and oxygen atoms in total. The molecule has 156 valence electrons. The lowest BCUT2D eigenvalue weighted by atomic mass is 9.58. The number of carbonyl (C=O) groups excluding carboxylic acids is 1. The van der Waals surface area contributed by atoms with Gasteiger partial charge >= 0.3 is 5.97 Å². The molecule has 7 heteroatoms. The maximum absolute atomic E-state index is 13.5. The number of hydrogen-bond acceptors (Lipinski definition) is 6. The second kappa shape index (κ2) is 7.34. The fourth-order valence-electron chi connectivity index (χ4n) is 5.45. The molecule has 0 bridgehead atoms. The zero-order chi connectivity index (χ0) is 20.7. The molecule has 0 unspecified atom stereocenters. The number of carbonyl (C=O) groups is 1. The number of ether oxygens (including phenoxy) is 2. The summed E-state index contributed by atoms with van der Waals surface area (Å²) in [4.78, 5) is 11.6. The third-order valence-corrected chi connectivity index (χ3v) is 9.42. The third kappa shape index (κ3) is 3.43. The van der Waals surface area contributed by atoms with Gasteiger partial charge in [-0.1, -0.05) is 26.0 Å². The number of fused-ring (bicyclic) bond motifs is 1. The molecule has 2 fully saturated rings. The van der Waals surface area contributed by atoms with Crippen molar-refractivity contribution in [1.29, 1.82) is 0 Å². The van der Waals surface area contributed by atoms with Crippen LogP contribution in [0.5, 0.6) is 5.75 Å². The van der Waals surface area contributed by atoms with E-state index >= 15 is 0 Å². The Morgan fingerprint density at radius 1 is 1.21 bits per heavy atom. The van der Waals surface area contributed by atoms with Crippen molar-refractivity contribution in [3.05, 3.63) is 29.8 Å². The Morgan fingerprint density at radius 2 is 1.89 bits per heavy atom. The van der Waals surface area contributed by atoms with Crippen LogP contribution < -0.4 is 4.74 Å². The smallest absolute Gasteiger partial charge is 0.302 e. The second-order valence-corrected chi connectivity index (χ2v) is 10.8. The zero-order valence-electron chi connectivity index (χ0n) is 17.0. The lowest BCUT2D eigenvalue weighted by Crippen LogP contribution is -2.59. The van der Waals surface area contributed by atoms with Crippen LogP contribution in [-0.2, 0) is 25.1 Å². The van der Waals surface area contributed by atoms with Crippen molar-refractivity contribution in [1.82, 2.24) is 0 Å². The van der Waals surface area contributed by atoms with Gasteiger partial charge in [-0.3, -0.25) is 4.79 Å². The highest BCUT2D eigenvalue weighted by atomic mass is 32.2. The Kier molecular flexibility index (Phi) is 5.53. The van der Waals surface area contributed by atoms with E-state index in [0.29, 0.717) is 37.0 Å². The van der Waals surface area contributed by atoms with Crippen molar-refractivity contribution in [3.8, 4) is 5.75 Å². The molecule has 2 saturated carbocycles. The molecule has 5 atom stereocenters. The van der Waals surface area contributed by atoms with E-state index < -0.39 is 32.0 Å². The molecule has 28 heavy (non-hydrogen) atoms. The van der Waals surface area contributed by atoms with Gasteiger partial charge in [-0.05, 0) is 48.8 Å². The number of aliphatic hydroxyl groups excluding tert-OH is 1. The minimum Gasteiger partial charge on any atom is -0.497 e. The first kappa shape index (κ1) is 21.1. The van der Waals surface area contributed by atoms with Gasteiger partial charge < -0.3 is 14.6 Å². The average molecular weight is 411 g/mol. The molecule has 3 rings (SSSR count). The van der Waals surface area contributed by atoms with Gasteiger partial charge in [0.1, 0.15) is 11.9 Å². The maximum atomic E-state index is 13.5. The van der Waals surface area contributed by atoms with E-state index in [1.807, 2.05) is 13.8 Å². The van der Waals surface area contributed by atoms with Crippen molar-refractivity contribution in [2.24, 2.45) is 10.8 Å². The number of hydrogen-bond donors (Lipinski definition) is 1. The van der Waals surface area contributed by atoms with Gasteiger partial charge in [-0.15, -0.1) is 0 Å². The summed E-state index contributed by atoms with van der Waals surface area (Å²) >= 11 is 0. The minimum atomic E-state index is -3.66. The van der Waals surface area contributed by atoms with Gasteiger partial charge in [0.05, 0.1) is 24.2 Å². The third-order valence-electron chi connectivity index (χ3n) is 7.08. The SMILES string of the molecule is COc1cccc(CS(=O)(=O)[C@@H]2[C@H](O)CC[C@]3(C)[C@@H](OC(C)=O)CC[C@@]23C)c1. The molecule has 1 N–H and O–H groups in total. The lowest BCUT2D eigenvalue weighted by molar-refractivity contribution is -0.157. The summed E-state index contributed by atoms with van der Waals surface area (Å²) in [5.41, 5.74) is -0.510. The molecule has 1 aromatic carbocycles. The van der Waals surface area contributed by atoms with Crippen LogP contribution in [0.25, 0.3) is 0 Å². The summed E-state index contributed by atoms with van der Waals surface area (Å²) in [6.07, 6.45) is 0.978. The first-order valence-corrected chi connectivity index (χ1v) is 11.4. The first-order chi connectivity index (χ1) is 13.0. The van der Waals surface area contributed by atoms with Crippen LogP contribution in [0.15, 0.2) is 24.3 Å². The molecule has 0 aromatic heterocycles. The monoisotopic (exact) mass is 410 g/mol. The van der Waals surface area contributed by atoms with E-state index in [2.05, 4.69) is 0 Å². The quantitative estimate of drug-likeness (QED) is 0.751. The Bertz CT molecular complexity index is 850. The number of methoxy groups -OCH3 is 1. The van der Waals surface area contributed by atoms with Crippen LogP contribution in [0.3, 0.4) is 0 Å². The molecule has 0 amide bonds. The highest BCUT2D eigenvalue weighted by molar-refractivity contribution is 7.91. The molecule has 2 aliphatic carbocycles. The van der Waals surface area contributed by atoms with E-state index in [1.54, 1.807) is 31.4 Å². The number of aliphatic hydroxyl groups is 1. The molecular formula is C21H30O6S. The summed E-state index contributed by atoms with van der Waals surface area (Å²) in [5, 5.41) is 9.87. The predicted octanol–water partition coefficient (Wildman–Crippen LogP) is 2.87. The first-order valence-electron chi connectivity index (χ1n) is 9.73. The molecule has 2 aliphatic rings. The van der Waals surface area contributed by atoms with Gasteiger partial charge in [0.25, 0.3) is 0 Å². The predicted molar refractivity (Wildman–Crippen MR) is 106 cm³/mol. The van der Waals surface area contributed by atoms with E-state index in [1.165, 1.54) is 6.92 Å².